The van der Waals surface area contributed by atoms with Gasteiger partial charge in [-0.1, -0.05) is 158 Å². The zero-order valence-corrected chi connectivity index (χ0v) is 28.5. The Morgan fingerprint density at radius 1 is 0.490 bits per heavy atom. The van der Waals surface area contributed by atoms with E-state index >= 15 is 0 Å². The summed E-state index contributed by atoms with van der Waals surface area (Å²) in [6.07, 6.45) is 0. The first-order valence-electron chi connectivity index (χ1n) is 17.3. The molecule has 10 aromatic rings. The zero-order chi connectivity index (χ0) is 33.5. The van der Waals surface area contributed by atoms with E-state index in [9.17, 15) is 0 Å². The van der Waals surface area contributed by atoms with Crippen LogP contribution in [-0.2, 0) is 0 Å². The molecular weight excluding hydrogens is 639 g/mol. The van der Waals surface area contributed by atoms with Gasteiger partial charge >= 0.3 is 0 Å². The number of benzene rings is 7. The van der Waals surface area contributed by atoms with Crippen molar-refractivity contribution in [2.45, 2.75) is 0 Å². The maximum absolute atomic E-state index is 6.79. The molecule has 3 aromatic heterocycles. The molecule has 0 spiro atoms. The highest BCUT2D eigenvalue weighted by atomic mass is 28.3. The van der Waals surface area contributed by atoms with E-state index in [4.69, 9.17) is 14.4 Å². The van der Waals surface area contributed by atoms with Gasteiger partial charge in [0.15, 0.2) is 11.4 Å². The summed E-state index contributed by atoms with van der Waals surface area (Å²) in [7, 11) is -2.94. The molecule has 4 heterocycles. The first-order chi connectivity index (χ1) is 25.3. The zero-order valence-electron chi connectivity index (χ0n) is 27.5. The van der Waals surface area contributed by atoms with Crippen LogP contribution in [0, 0.1) is 0 Å². The molecule has 238 valence electrons. The van der Waals surface area contributed by atoms with Crippen molar-refractivity contribution in [1.29, 1.82) is 0 Å². The number of hydrogen-bond acceptors (Lipinski definition) is 3. The Hall–Kier alpha value is -6.56. The molecule has 0 radical (unpaired) electrons. The van der Waals surface area contributed by atoms with Gasteiger partial charge in [0.2, 0.25) is 8.07 Å². The van der Waals surface area contributed by atoms with Crippen molar-refractivity contribution in [2.75, 3.05) is 0 Å². The fraction of sp³-hybridized carbons (Fsp3) is 0. The lowest BCUT2D eigenvalue weighted by molar-refractivity contribution is 0.671. The summed E-state index contributed by atoms with van der Waals surface area (Å²) in [6.45, 7) is 0. The summed E-state index contributed by atoms with van der Waals surface area (Å²) in [5.74, 6) is 1.58. The smallest absolute Gasteiger partial charge is 0.203 e. The fourth-order valence-electron chi connectivity index (χ4n) is 8.58. The van der Waals surface area contributed by atoms with Crippen molar-refractivity contribution in [2.24, 2.45) is 0 Å². The summed E-state index contributed by atoms with van der Waals surface area (Å²) in [6, 6.07) is 62.9. The van der Waals surface area contributed by atoms with Crippen LogP contribution in [0.1, 0.15) is 0 Å². The largest absolute Gasteiger partial charge is 0.454 e. The highest BCUT2D eigenvalue weighted by molar-refractivity contribution is 7.21. The van der Waals surface area contributed by atoms with Gasteiger partial charge in [-0.05, 0) is 39.3 Å². The van der Waals surface area contributed by atoms with E-state index < -0.39 is 8.07 Å². The SMILES string of the molecule is c1ccc(-c2nc(-n3c4ccccc4c4ccc5c6ccccc6oc5c43)c3c(n2)[Si](c2ccccc2)(c2ccccc2)c2ccccc2-3)cc1. The number of aromatic nitrogens is 3. The van der Waals surface area contributed by atoms with Crippen LogP contribution >= 0.6 is 0 Å². The Bertz CT molecular complexity index is 2930. The predicted octanol–water partition coefficient (Wildman–Crippen LogP) is 8.50. The minimum Gasteiger partial charge on any atom is -0.454 e. The van der Waals surface area contributed by atoms with Gasteiger partial charge in [-0.25, -0.2) is 9.97 Å². The van der Waals surface area contributed by atoms with Gasteiger partial charge in [-0.15, -0.1) is 0 Å². The summed E-state index contributed by atoms with van der Waals surface area (Å²) < 4.78 is 9.15. The number of fused-ring (bicyclic) bond motifs is 10. The normalized spacial score (nSPS) is 13.3. The Kier molecular flexibility index (Phi) is 5.95. The molecule has 0 saturated carbocycles. The topological polar surface area (TPSA) is 43.9 Å². The van der Waals surface area contributed by atoms with Crippen molar-refractivity contribution in [1.82, 2.24) is 14.5 Å². The maximum atomic E-state index is 6.79. The van der Waals surface area contributed by atoms with Crippen molar-refractivity contribution >= 4 is 72.7 Å². The average molecular weight is 668 g/mol. The molecule has 0 amide bonds. The van der Waals surface area contributed by atoms with Crippen molar-refractivity contribution in [3.8, 4) is 28.3 Å². The molecule has 1 aliphatic rings. The quantitative estimate of drug-likeness (QED) is 0.177. The van der Waals surface area contributed by atoms with Crippen LogP contribution in [0.15, 0.2) is 180 Å². The van der Waals surface area contributed by atoms with E-state index in [1.807, 2.05) is 12.1 Å². The van der Waals surface area contributed by atoms with Gasteiger partial charge in [-0.3, -0.25) is 4.57 Å². The van der Waals surface area contributed by atoms with Gasteiger partial charge in [0.25, 0.3) is 0 Å². The molecule has 0 bridgehead atoms. The van der Waals surface area contributed by atoms with Crippen LogP contribution in [0.3, 0.4) is 0 Å². The van der Waals surface area contributed by atoms with Crippen LogP contribution in [0.4, 0.5) is 0 Å². The van der Waals surface area contributed by atoms with Crippen LogP contribution in [-0.4, -0.2) is 22.6 Å². The molecule has 51 heavy (non-hydrogen) atoms. The van der Waals surface area contributed by atoms with Crippen molar-refractivity contribution < 1.29 is 4.42 Å². The summed E-state index contributed by atoms with van der Waals surface area (Å²) >= 11 is 0. The first kappa shape index (κ1) is 28.3. The lowest BCUT2D eigenvalue weighted by atomic mass is 10.1. The highest BCUT2D eigenvalue weighted by Crippen LogP contribution is 2.42. The first-order valence-corrected chi connectivity index (χ1v) is 19.3. The van der Waals surface area contributed by atoms with Gasteiger partial charge in [-0.2, -0.15) is 0 Å². The van der Waals surface area contributed by atoms with E-state index in [2.05, 4.69) is 168 Å². The van der Waals surface area contributed by atoms with E-state index in [-0.39, 0.29) is 0 Å². The highest BCUT2D eigenvalue weighted by Gasteiger charge is 2.52. The predicted molar refractivity (Wildman–Crippen MR) is 212 cm³/mol. The number of hydrogen-bond donors (Lipinski definition) is 0. The summed E-state index contributed by atoms with van der Waals surface area (Å²) in [5, 5.41) is 9.51. The van der Waals surface area contributed by atoms with E-state index in [1.165, 1.54) is 21.1 Å². The van der Waals surface area contributed by atoms with E-state index in [0.29, 0.717) is 5.82 Å². The molecule has 0 aliphatic carbocycles. The van der Waals surface area contributed by atoms with Gasteiger partial charge in [0.05, 0.1) is 16.4 Å². The second kappa shape index (κ2) is 10.7. The molecule has 0 saturated heterocycles. The monoisotopic (exact) mass is 667 g/mol. The Balaban J connectivity index is 1.38. The molecule has 7 aromatic carbocycles. The molecule has 5 heteroatoms. The molecule has 0 N–H and O–H groups in total. The second-order valence-corrected chi connectivity index (χ2v) is 16.9. The molecule has 0 unspecified atom stereocenters. The standard InChI is InChI=1S/C46H29N3OSi/c1-4-16-30(17-5-1)44-47-45(49-38-25-13-10-22-33(38)35-28-29-36-34-23-11-14-26-39(34)50-43(36)42(35)49)41-37-24-12-15-27-40(37)51(46(41)48-44,31-18-6-2-7-19-31)32-20-8-3-9-21-32/h1-29H. The van der Waals surface area contributed by atoms with Crippen LogP contribution < -0.4 is 20.9 Å². The second-order valence-electron chi connectivity index (χ2n) is 13.3. The van der Waals surface area contributed by atoms with Crippen LogP contribution in [0.2, 0.25) is 0 Å². The molecule has 11 rings (SSSR count). The van der Waals surface area contributed by atoms with Crippen molar-refractivity contribution in [3.05, 3.63) is 176 Å². The number of rotatable bonds is 4. The lowest BCUT2D eigenvalue weighted by Crippen LogP contribution is -2.73. The van der Waals surface area contributed by atoms with Gasteiger partial charge in [0.1, 0.15) is 11.4 Å². The fourth-order valence-corrected chi connectivity index (χ4v) is 13.6. The third-order valence-electron chi connectivity index (χ3n) is 10.7. The third-order valence-corrected chi connectivity index (χ3v) is 15.4. The van der Waals surface area contributed by atoms with Crippen molar-refractivity contribution in [3.63, 3.8) is 0 Å². The Morgan fingerprint density at radius 2 is 1.10 bits per heavy atom. The minimum absolute atomic E-state index is 0.712. The number of furan rings is 1. The molecular formula is C46H29N3OSi. The third kappa shape index (κ3) is 3.84. The van der Waals surface area contributed by atoms with E-state index in [1.54, 1.807) is 0 Å². The molecule has 4 nitrogen and oxygen atoms in total. The van der Waals surface area contributed by atoms with Crippen LogP contribution in [0.25, 0.3) is 72.1 Å². The summed E-state index contributed by atoms with van der Waals surface area (Å²) in [5.41, 5.74) is 7.08. The average Bonchev–Trinajstić information content (AvgIpc) is 3.85. The Morgan fingerprint density at radius 3 is 1.86 bits per heavy atom. The minimum atomic E-state index is -2.94. The molecule has 0 atom stereocenters. The Labute approximate surface area is 294 Å². The van der Waals surface area contributed by atoms with Gasteiger partial charge in [0, 0.05) is 32.7 Å². The molecule has 0 fully saturated rings. The number of para-hydroxylation sites is 2. The van der Waals surface area contributed by atoms with Crippen LogP contribution in [0.5, 0.6) is 0 Å². The van der Waals surface area contributed by atoms with E-state index in [0.717, 1.165) is 66.0 Å². The number of nitrogens with zero attached hydrogens (tertiary/aromatic N) is 3. The lowest BCUT2D eigenvalue weighted by Gasteiger charge is -2.30. The molecule has 1 aliphatic heterocycles. The van der Waals surface area contributed by atoms with Gasteiger partial charge < -0.3 is 4.42 Å². The maximum Gasteiger partial charge on any atom is 0.203 e. The summed E-state index contributed by atoms with van der Waals surface area (Å²) in [4.78, 5) is 11.3.